The van der Waals surface area contributed by atoms with Crippen LogP contribution in [0.5, 0.6) is 0 Å². The van der Waals surface area contributed by atoms with E-state index in [0.717, 1.165) is 31.0 Å². The van der Waals surface area contributed by atoms with Crippen molar-refractivity contribution in [3.05, 3.63) is 17.8 Å². The van der Waals surface area contributed by atoms with Crippen molar-refractivity contribution in [3.8, 4) is 0 Å². The summed E-state index contributed by atoms with van der Waals surface area (Å²) in [5.41, 5.74) is 0.258. The summed E-state index contributed by atoms with van der Waals surface area (Å²) in [6.07, 6.45) is 9.12. The van der Waals surface area contributed by atoms with Gasteiger partial charge in [0.2, 0.25) is 0 Å². The van der Waals surface area contributed by atoms with Gasteiger partial charge in [-0.15, -0.1) is 0 Å². The highest BCUT2D eigenvalue weighted by Gasteiger charge is 2.33. The van der Waals surface area contributed by atoms with Crippen molar-refractivity contribution in [3.63, 3.8) is 0 Å². The molecule has 1 aliphatic carbocycles. The molecule has 0 radical (unpaired) electrons. The monoisotopic (exact) mass is 222 g/mol. The van der Waals surface area contributed by atoms with Gasteiger partial charge in [0, 0.05) is 11.8 Å². The van der Waals surface area contributed by atoms with E-state index in [1.807, 2.05) is 13.2 Å². The van der Waals surface area contributed by atoms with E-state index in [2.05, 4.69) is 17.2 Å². The first-order chi connectivity index (χ1) is 7.74. The molecule has 1 aromatic rings. The Balaban J connectivity index is 1.96. The molecule has 2 rings (SSSR count). The molecule has 0 amide bonds. The van der Waals surface area contributed by atoms with Crippen LogP contribution in [0.4, 0.5) is 0 Å². The highest BCUT2D eigenvalue weighted by molar-refractivity contribution is 5.11. The van der Waals surface area contributed by atoms with Crippen LogP contribution in [0.15, 0.2) is 10.6 Å². The van der Waals surface area contributed by atoms with Gasteiger partial charge in [0.1, 0.15) is 5.76 Å². The van der Waals surface area contributed by atoms with Gasteiger partial charge in [0.25, 0.3) is 0 Å². The predicted octanol–water partition coefficient (Wildman–Crippen LogP) is 2.66. The molecule has 1 fully saturated rings. The Kier molecular flexibility index (Phi) is 3.64. The summed E-state index contributed by atoms with van der Waals surface area (Å²) in [6, 6.07) is 0. The molecule has 0 atom stereocenters. The van der Waals surface area contributed by atoms with Crippen LogP contribution in [0, 0.1) is 0 Å². The van der Waals surface area contributed by atoms with Crippen molar-refractivity contribution < 1.29 is 4.42 Å². The van der Waals surface area contributed by atoms with Gasteiger partial charge in [-0.3, -0.25) is 0 Å². The van der Waals surface area contributed by atoms with E-state index in [9.17, 15) is 0 Å². The lowest BCUT2D eigenvalue weighted by atomic mass is 9.87. The first kappa shape index (κ1) is 11.6. The molecule has 1 heterocycles. The second-order valence-corrected chi connectivity index (χ2v) is 5.09. The molecule has 1 aliphatic rings. The van der Waals surface area contributed by atoms with Crippen molar-refractivity contribution in [2.45, 2.75) is 50.9 Å². The average Bonchev–Trinajstić information content (AvgIpc) is 2.88. The maximum absolute atomic E-state index is 5.88. The Bertz CT molecular complexity index is 326. The minimum absolute atomic E-state index is 0.258. The fraction of sp³-hybridized carbons (Fsp3) is 0.769. The van der Waals surface area contributed by atoms with Crippen LogP contribution in [0.25, 0.3) is 0 Å². The van der Waals surface area contributed by atoms with E-state index >= 15 is 0 Å². The minimum atomic E-state index is 0.258. The first-order valence-corrected chi connectivity index (χ1v) is 6.34. The summed E-state index contributed by atoms with van der Waals surface area (Å²) in [7, 11) is 1.97. The van der Waals surface area contributed by atoms with Gasteiger partial charge in [0.05, 0.1) is 6.20 Å². The minimum Gasteiger partial charge on any atom is -0.445 e. The quantitative estimate of drug-likeness (QED) is 0.778. The molecular formula is C13H22N2O. The maximum Gasteiger partial charge on any atom is 0.194 e. The lowest BCUT2D eigenvalue weighted by Gasteiger charge is -2.19. The largest absolute Gasteiger partial charge is 0.445 e. The smallest absolute Gasteiger partial charge is 0.194 e. The zero-order chi connectivity index (χ0) is 11.4. The predicted molar refractivity (Wildman–Crippen MR) is 64.6 cm³/mol. The van der Waals surface area contributed by atoms with Crippen molar-refractivity contribution in [1.82, 2.24) is 10.3 Å². The van der Waals surface area contributed by atoms with Gasteiger partial charge in [-0.25, -0.2) is 4.98 Å². The van der Waals surface area contributed by atoms with Crippen LogP contribution in [0.3, 0.4) is 0 Å². The van der Waals surface area contributed by atoms with Crippen molar-refractivity contribution in [2.24, 2.45) is 0 Å². The number of nitrogens with zero attached hydrogens (tertiary/aromatic N) is 1. The molecule has 1 saturated carbocycles. The molecular weight excluding hydrogens is 200 g/mol. The van der Waals surface area contributed by atoms with Gasteiger partial charge < -0.3 is 9.73 Å². The van der Waals surface area contributed by atoms with Crippen LogP contribution in [-0.4, -0.2) is 18.6 Å². The van der Waals surface area contributed by atoms with Crippen LogP contribution >= 0.6 is 0 Å². The number of aromatic nitrogens is 1. The summed E-state index contributed by atoms with van der Waals surface area (Å²) in [6.45, 7) is 3.33. The summed E-state index contributed by atoms with van der Waals surface area (Å²) in [5, 5.41) is 3.14. The normalized spacial score (nSPS) is 19.1. The van der Waals surface area contributed by atoms with Crippen molar-refractivity contribution in [2.75, 3.05) is 13.6 Å². The fourth-order valence-corrected chi connectivity index (χ4v) is 2.52. The lowest BCUT2D eigenvalue weighted by Crippen LogP contribution is -2.15. The van der Waals surface area contributed by atoms with E-state index in [1.165, 1.54) is 25.7 Å². The SMILES string of the molecule is CNCCCc1ncc(C2(C)CCCC2)o1. The molecule has 16 heavy (non-hydrogen) atoms. The second-order valence-electron chi connectivity index (χ2n) is 5.09. The zero-order valence-corrected chi connectivity index (χ0v) is 10.4. The Hall–Kier alpha value is -0.830. The standard InChI is InChI=1S/C13H22N2O/c1-13(7-3-4-8-13)11-10-15-12(16-11)6-5-9-14-2/h10,14H,3-9H2,1-2H3. The first-order valence-electron chi connectivity index (χ1n) is 6.34. The van der Waals surface area contributed by atoms with Crippen LogP contribution in [0.1, 0.15) is 50.7 Å². The van der Waals surface area contributed by atoms with E-state index < -0.39 is 0 Å². The Morgan fingerprint density at radius 1 is 1.44 bits per heavy atom. The van der Waals surface area contributed by atoms with Crippen LogP contribution < -0.4 is 5.32 Å². The molecule has 3 heteroatoms. The molecule has 0 spiro atoms. The van der Waals surface area contributed by atoms with Gasteiger partial charge in [-0.2, -0.15) is 0 Å². The van der Waals surface area contributed by atoms with E-state index in [0.29, 0.717) is 0 Å². The molecule has 0 unspecified atom stereocenters. The summed E-state index contributed by atoms with van der Waals surface area (Å²) < 4.78 is 5.88. The molecule has 0 saturated heterocycles. The summed E-state index contributed by atoms with van der Waals surface area (Å²) in [4.78, 5) is 4.38. The number of rotatable bonds is 5. The molecule has 3 nitrogen and oxygen atoms in total. The van der Waals surface area contributed by atoms with E-state index in [-0.39, 0.29) is 5.41 Å². The van der Waals surface area contributed by atoms with Gasteiger partial charge >= 0.3 is 0 Å². The third-order valence-electron chi connectivity index (χ3n) is 3.67. The Labute approximate surface area is 97.6 Å². The van der Waals surface area contributed by atoms with Gasteiger partial charge in [-0.05, 0) is 32.9 Å². The topological polar surface area (TPSA) is 38.1 Å². The number of aryl methyl sites for hydroxylation is 1. The molecule has 0 bridgehead atoms. The number of oxazole rings is 1. The third kappa shape index (κ3) is 2.46. The number of nitrogens with one attached hydrogen (secondary N) is 1. The van der Waals surface area contributed by atoms with Gasteiger partial charge in [0.15, 0.2) is 5.89 Å². The maximum atomic E-state index is 5.88. The van der Waals surface area contributed by atoms with Crippen molar-refractivity contribution in [1.29, 1.82) is 0 Å². The zero-order valence-electron chi connectivity index (χ0n) is 10.4. The third-order valence-corrected chi connectivity index (χ3v) is 3.67. The molecule has 0 aromatic carbocycles. The van der Waals surface area contributed by atoms with Crippen LogP contribution in [-0.2, 0) is 11.8 Å². The van der Waals surface area contributed by atoms with E-state index in [1.54, 1.807) is 0 Å². The average molecular weight is 222 g/mol. The number of hydrogen-bond acceptors (Lipinski definition) is 3. The fourth-order valence-electron chi connectivity index (χ4n) is 2.52. The molecule has 0 aliphatic heterocycles. The van der Waals surface area contributed by atoms with E-state index in [4.69, 9.17) is 4.42 Å². The summed E-state index contributed by atoms with van der Waals surface area (Å²) >= 11 is 0. The molecule has 1 aromatic heterocycles. The lowest BCUT2D eigenvalue weighted by molar-refractivity contribution is 0.346. The number of hydrogen-bond donors (Lipinski definition) is 1. The van der Waals surface area contributed by atoms with Gasteiger partial charge in [-0.1, -0.05) is 19.8 Å². The highest BCUT2D eigenvalue weighted by Crippen LogP contribution is 2.40. The highest BCUT2D eigenvalue weighted by atomic mass is 16.4. The summed E-state index contributed by atoms with van der Waals surface area (Å²) in [5.74, 6) is 2.00. The molecule has 1 N–H and O–H groups in total. The van der Waals surface area contributed by atoms with Crippen molar-refractivity contribution >= 4 is 0 Å². The molecule has 90 valence electrons. The second kappa shape index (κ2) is 5.00. The Morgan fingerprint density at radius 2 is 2.19 bits per heavy atom. The Morgan fingerprint density at radius 3 is 2.88 bits per heavy atom. The van der Waals surface area contributed by atoms with Crippen LogP contribution in [0.2, 0.25) is 0 Å².